The molecule has 1 saturated heterocycles. The van der Waals surface area contributed by atoms with E-state index in [1.54, 1.807) is 7.11 Å². The maximum absolute atomic E-state index is 6.11. The van der Waals surface area contributed by atoms with Crippen molar-refractivity contribution in [3.63, 3.8) is 0 Å². The molecule has 0 amide bonds. The smallest absolute Gasteiger partial charge is 0.124 e. The van der Waals surface area contributed by atoms with Gasteiger partial charge in [0.25, 0.3) is 0 Å². The third kappa shape index (κ3) is 2.75. The summed E-state index contributed by atoms with van der Waals surface area (Å²) >= 11 is 0. The fraction of sp³-hybridized carbons (Fsp3) is 0.412. The Hall–Kier alpha value is -1.62. The molecule has 112 valence electrons. The minimum atomic E-state index is 0.162. The summed E-state index contributed by atoms with van der Waals surface area (Å²) in [6.07, 6.45) is 0. The highest BCUT2D eigenvalue weighted by atomic mass is 16.5. The highest BCUT2D eigenvalue weighted by molar-refractivity contribution is 5.88. The van der Waals surface area contributed by atoms with Crippen LogP contribution in [0.15, 0.2) is 36.4 Å². The molecule has 1 aliphatic rings. The number of nitrogens with two attached hydrogens (primary N) is 1. The van der Waals surface area contributed by atoms with Gasteiger partial charge in [-0.2, -0.15) is 0 Å². The minimum absolute atomic E-state index is 0.162. The molecule has 1 heterocycles. The standard InChI is InChI=1S/C17H22N2O2/c1-20-16-7-6-13-4-2-3-5-14(13)17(16)15(12-18)19-8-10-21-11-9-19/h2-7,15H,8-12,18H2,1H3. The van der Waals surface area contributed by atoms with Gasteiger partial charge >= 0.3 is 0 Å². The largest absolute Gasteiger partial charge is 0.496 e. The fourth-order valence-electron chi connectivity index (χ4n) is 3.14. The van der Waals surface area contributed by atoms with E-state index in [2.05, 4.69) is 35.2 Å². The summed E-state index contributed by atoms with van der Waals surface area (Å²) in [5.74, 6) is 0.913. The number of fused-ring (bicyclic) bond motifs is 1. The second-order valence-corrected chi connectivity index (χ2v) is 5.30. The van der Waals surface area contributed by atoms with Crippen LogP contribution in [0, 0.1) is 0 Å². The molecule has 21 heavy (non-hydrogen) atoms. The van der Waals surface area contributed by atoms with Crippen LogP contribution in [-0.4, -0.2) is 44.9 Å². The van der Waals surface area contributed by atoms with Gasteiger partial charge in [0.1, 0.15) is 5.75 Å². The van der Waals surface area contributed by atoms with Crippen molar-refractivity contribution in [1.29, 1.82) is 0 Å². The Morgan fingerprint density at radius 2 is 1.95 bits per heavy atom. The van der Waals surface area contributed by atoms with Crippen LogP contribution in [0.25, 0.3) is 10.8 Å². The van der Waals surface area contributed by atoms with Crippen molar-refractivity contribution >= 4 is 10.8 Å². The number of morpholine rings is 1. The topological polar surface area (TPSA) is 47.7 Å². The number of methoxy groups -OCH3 is 1. The van der Waals surface area contributed by atoms with Crippen molar-refractivity contribution in [3.05, 3.63) is 42.0 Å². The van der Waals surface area contributed by atoms with Crippen molar-refractivity contribution < 1.29 is 9.47 Å². The Labute approximate surface area is 125 Å². The SMILES string of the molecule is COc1ccc2ccccc2c1C(CN)N1CCOCC1. The van der Waals surface area contributed by atoms with Gasteiger partial charge in [-0.3, -0.25) is 4.90 Å². The maximum Gasteiger partial charge on any atom is 0.124 e. The molecule has 1 atom stereocenters. The molecule has 1 fully saturated rings. The van der Waals surface area contributed by atoms with Crippen LogP contribution >= 0.6 is 0 Å². The van der Waals surface area contributed by atoms with Crippen molar-refractivity contribution in [3.8, 4) is 5.75 Å². The fourth-order valence-corrected chi connectivity index (χ4v) is 3.14. The molecule has 0 aliphatic carbocycles. The second-order valence-electron chi connectivity index (χ2n) is 5.30. The zero-order valence-electron chi connectivity index (χ0n) is 12.4. The lowest BCUT2D eigenvalue weighted by Crippen LogP contribution is -2.42. The highest BCUT2D eigenvalue weighted by Gasteiger charge is 2.25. The van der Waals surface area contributed by atoms with Crippen LogP contribution in [0.1, 0.15) is 11.6 Å². The molecule has 2 aromatic rings. The van der Waals surface area contributed by atoms with Gasteiger partial charge in [-0.05, 0) is 16.8 Å². The Morgan fingerprint density at radius 3 is 2.67 bits per heavy atom. The van der Waals surface area contributed by atoms with Crippen LogP contribution in [0.3, 0.4) is 0 Å². The zero-order valence-corrected chi connectivity index (χ0v) is 12.4. The second kappa shape index (κ2) is 6.43. The summed E-state index contributed by atoms with van der Waals surface area (Å²) in [7, 11) is 1.72. The van der Waals surface area contributed by atoms with Crippen molar-refractivity contribution in [1.82, 2.24) is 4.90 Å². The molecule has 4 nitrogen and oxygen atoms in total. The monoisotopic (exact) mass is 286 g/mol. The first-order valence-corrected chi connectivity index (χ1v) is 7.42. The number of benzene rings is 2. The molecule has 0 saturated carbocycles. The first kappa shape index (κ1) is 14.3. The van der Waals surface area contributed by atoms with E-state index < -0.39 is 0 Å². The Kier molecular flexibility index (Phi) is 4.39. The molecular weight excluding hydrogens is 264 g/mol. The van der Waals surface area contributed by atoms with Crippen LogP contribution in [0.4, 0.5) is 0 Å². The normalized spacial score (nSPS) is 17.8. The van der Waals surface area contributed by atoms with Crippen LogP contribution in [-0.2, 0) is 4.74 Å². The summed E-state index contributed by atoms with van der Waals surface area (Å²) in [6.45, 7) is 3.93. The molecule has 2 aromatic carbocycles. The molecule has 0 spiro atoms. The molecule has 0 bridgehead atoms. The number of rotatable bonds is 4. The van der Waals surface area contributed by atoms with E-state index in [-0.39, 0.29) is 6.04 Å². The van der Waals surface area contributed by atoms with E-state index in [1.165, 1.54) is 16.3 Å². The quantitative estimate of drug-likeness (QED) is 0.936. The first-order chi connectivity index (χ1) is 10.3. The molecule has 0 aromatic heterocycles. The third-order valence-corrected chi connectivity index (χ3v) is 4.19. The Morgan fingerprint density at radius 1 is 1.19 bits per heavy atom. The lowest BCUT2D eigenvalue weighted by molar-refractivity contribution is 0.0177. The Balaban J connectivity index is 2.10. The molecule has 4 heteroatoms. The highest BCUT2D eigenvalue weighted by Crippen LogP contribution is 2.35. The predicted octanol–water partition coefficient (Wildman–Crippen LogP) is 2.18. The van der Waals surface area contributed by atoms with Crippen molar-refractivity contribution in [2.75, 3.05) is 40.0 Å². The van der Waals surface area contributed by atoms with Crippen LogP contribution < -0.4 is 10.5 Å². The molecular formula is C17H22N2O2. The summed E-state index contributed by atoms with van der Waals surface area (Å²) in [5.41, 5.74) is 7.31. The number of hydrogen-bond acceptors (Lipinski definition) is 4. The number of hydrogen-bond donors (Lipinski definition) is 1. The van der Waals surface area contributed by atoms with E-state index in [1.807, 2.05) is 6.07 Å². The van der Waals surface area contributed by atoms with Gasteiger partial charge in [-0.25, -0.2) is 0 Å². The van der Waals surface area contributed by atoms with Gasteiger partial charge in [-0.15, -0.1) is 0 Å². The Bertz CT molecular complexity index is 609. The third-order valence-electron chi connectivity index (χ3n) is 4.19. The average molecular weight is 286 g/mol. The van der Waals surface area contributed by atoms with Crippen LogP contribution in [0.5, 0.6) is 5.75 Å². The van der Waals surface area contributed by atoms with Gasteiger partial charge < -0.3 is 15.2 Å². The van der Waals surface area contributed by atoms with E-state index in [0.717, 1.165) is 32.1 Å². The van der Waals surface area contributed by atoms with E-state index in [4.69, 9.17) is 15.2 Å². The molecule has 3 rings (SSSR count). The molecule has 2 N–H and O–H groups in total. The van der Waals surface area contributed by atoms with Crippen molar-refractivity contribution in [2.24, 2.45) is 5.73 Å². The predicted molar refractivity (Wildman–Crippen MR) is 84.7 cm³/mol. The van der Waals surface area contributed by atoms with Crippen LogP contribution in [0.2, 0.25) is 0 Å². The number of nitrogens with zero attached hydrogens (tertiary/aromatic N) is 1. The van der Waals surface area contributed by atoms with Gasteiger partial charge in [0.15, 0.2) is 0 Å². The molecule has 1 unspecified atom stereocenters. The maximum atomic E-state index is 6.11. The van der Waals surface area contributed by atoms with Gasteiger partial charge in [0, 0.05) is 25.2 Å². The summed E-state index contributed by atoms with van der Waals surface area (Å²) < 4.78 is 11.1. The van der Waals surface area contributed by atoms with Crippen molar-refractivity contribution in [2.45, 2.75) is 6.04 Å². The van der Waals surface area contributed by atoms with Gasteiger partial charge in [0.05, 0.1) is 26.4 Å². The summed E-state index contributed by atoms with van der Waals surface area (Å²) in [6, 6.07) is 12.7. The molecule has 0 radical (unpaired) electrons. The minimum Gasteiger partial charge on any atom is -0.496 e. The van der Waals surface area contributed by atoms with Gasteiger partial charge in [0.2, 0.25) is 0 Å². The zero-order chi connectivity index (χ0) is 14.7. The number of ether oxygens (including phenoxy) is 2. The van der Waals surface area contributed by atoms with E-state index in [9.17, 15) is 0 Å². The van der Waals surface area contributed by atoms with Gasteiger partial charge in [-0.1, -0.05) is 30.3 Å². The van der Waals surface area contributed by atoms with E-state index >= 15 is 0 Å². The van der Waals surface area contributed by atoms with E-state index in [0.29, 0.717) is 6.54 Å². The summed E-state index contributed by atoms with van der Waals surface area (Å²) in [5, 5.41) is 2.44. The molecule has 1 aliphatic heterocycles. The average Bonchev–Trinajstić information content (AvgIpc) is 2.56. The lowest BCUT2D eigenvalue weighted by Gasteiger charge is -2.35. The lowest BCUT2D eigenvalue weighted by atomic mass is 9.96. The first-order valence-electron chi connectivity index (χ1n) is 7.42. The summed E-state index contributed by atoms with van der Waals surface area (Å²) in [4.78, 5) is 2.40.